The number of hydrogen-bond acceptors (Lipinski definition) is 4. The van der Waals surface area contributed by atoms with E-state index < -0.39 is 4.92 Å². The van der Waals surface area contributed by atoms with Crippen LogP contribution >= 0.6 is 11.6 Å². The molecule has 0 amide bonds. The first-order chi connectivity index (χ1) is 12.6. The summed E-state index contributed by atoms with van der Waals surface area (Å²) in [6, 6.07) is 13.3. The zero-order valence-corrected chi connectivity index (χ0v) is 14.1. The number of hydrogen-bond donors (Lipinski definition) is 0. The van der Waals surface area contributed by atoms with Crippen LogP contribution in [0.1, 0.15) is 22.5 Å². The first-order valence-electron chi connectivity index (χ1n) is 7.47. The molecule has 0 aliphatic carbocycles. The molecule has 5 nitrogen and oxygen atoms in total. The van der Waals surface area contributed by atoms with Gasteiger partial charge in [-0.15, -0.1) is 0 Å². The molecule has 0 N–H and O–H groups in total. The Kier molecular flexibility index (Phi) is 5.24. The third-order valence-electron chi connectivity index (χ3n) is 3.25. The molecule has 0 bridgehead atoms. The van der Waals surface area contributed by atoms with E-state index in [0.717, 1.165) is 0 Å². The fraction of sp³-hybridized carbons (Fsp3) is 0. The highest BCUT2D eigenvalue weighted by Gasteiger charge is 2.13. The van der Waals surface area contributed by atoms with Crippen LogP contribution in [0.2, 0.25) is 5.02 Å². The molecule has 2 aromatic heterocycles. The zero-order valence-electron chi connectivity index (χ0n) is 13.3. The number of nitro groups is 1. The first kappa shape index (κ1) is 17.2. The van der Waals surface area contributed by atoms with Crippen molar-refractivity contribution >= 4 is 17.3 Å². The molecule has 0 aliphatic rings. The standard InChI is InChI=1S/C20H10ClN3O2/c21-20-15(7-9-17-5-1-3-11-22-17)13-19(24(25)26)14-16(20)8-10-18-6-2-4-12-23-18/h1-6,11-14H. The molecule has 0 saturated carbocycles. The van der Waals surface area contributed by atoms with E-state index in [1.54, 1.807) is 48.8 Å². The van der Waals surface area contributed by atoms with Crippen molar-refractivity contribution < 1.29 is 4.92 Å². The molecule has 0 radical (unpaired) electrons. The predicted octanol–water partition coefficient (Wildman–Crippen LogP) is 3.84. The minimum Gasteiger partial charge on any atom is -0.258 e. The van der Waals surface area contributed by atoms with Crippen molar-refractivity contribution in [2.24, 2.45) is 0 Å². The number of nitro benzene ring substituents is 1. The van der Waals surface area contributed by atoms with Gasteiger partial charge in [-0.05, 0) is 36.1 Å². The lowest BCUT2D eigenvalue weighted by Gasteiger charge is -2.01. The Balaban J connectivity index is 2.06. The number of nitrogens with zero attached hydrogens (tertiary/aromatic N) is 3. The maximum Gasteiger partial charge on any atom is 0.272 e. The third-order valence-corrected chi connectivity index (χ3v) is 3.66. The van der Waals surface area contributed by atoms with Gasteiger partial charge in [-0.3, -0.25) is 10.1 Å². The van der Waals surface area contributed by atoms with Crippen molar-refractivity contribution in [3.8, 4) is 23.7 Å². The lowest BCUT2D eigenvalue weighted by Crippen LogP contribution is -1.93. The van der Waals surface area contributed by atoms with E-state index in [0.29, 0.717) is 22.5 Å². The van der Waals surface area contributed by atoms with E-state index in [-0.39, 0.29) is 10.7 Å². The van der Waals surface area contributed by atoms with Gasteiger partial charge in [-0.1, -0.05) is 35.6 Å². The van der Waals surface area contributed by atoms with E-state index in [1.807, 2.05) is 0 Å². The van der Waals surface area contributed by atoms with Gasteiger partial charge in [0.2, 0.25) is 0 Å². The predicted molar refractivity (Wildman–Crippen MR) is 98.5 cm³/mol. The van der Waals surface area contributed by atoms with Crippen molar-refractivity contribution in [1.29, 1.82) is 0 Å². The lowest BCUT2D eigenvalue weighted by atomic mass is 10.1. The van der Waals surface area contributed by atoms with Crippen LogP contribution in [0.25, 0.3) is 0 Å². The number of halogens is 1. The Labute approximate surface area is 154 Å². The summed E-state index contributed by atoms with van der Waals surface area (Å²) in [6.07, 6.45) is 3.23. The summed E-state index contributed by atoms with van der Waals surface area (Å²) in [7, 11) is 0. The van der Waals surface area contributed by atoms with E-state index in [1.165, 1.54) is 12.1 Å². The smallest absolute Gasteiger partial charge is 0.258 e. The average molecular weight is 360 g/mol. The van der Waals surface area contributed by atoms with Gasteiger partial charge in [0.15, 0.2) is 0 Å². The van der Waals surface area contributed by atoms with Crippen molar-refractivity contribution in [3.05, 3.63) is 98.6 Å². The van der Waals surface area contributed by atoms with Gasteiger partial charge < -0.3 is 0 Å². The third kappa shape index (κ3) is 4.24. The van der Waals surface area contributed by atoms with E-state index in [4.69, 9.17) is 11.6 Å². The minimum atomic E-state index is -0.506. The fourth-order valence-corrected chi connectivity index (χ4v) is 2.24. The van der Waals surface area contributed by atoms with Crippen LogP contribution in [0.5, 0.6) is 0 Å². The van der Waals surface area contributed by atoms with E-state index in [2.05, 4.69) is 33.6 Å². The average Bonchev–Trinajstić information content (AvgIpc) is 2.67. The second kappa shape index (κ2) is 7.94. The molecule has 2 heterocycles. The Morgan fingerprint density at radius 1 is 0.846 bits per heavy atom. The number of rotatable bonds is 1. The summed E-state index contributed by atoms with van der Waals surface area (Å²) < 4.78 is 0. The van der Waals surface area contributed by atoms with Gasteiger partial charge in [-0.2, -0.15) is 0 Å². The molecule has 0 spiro atoms. The summed E-state index contributed by atoms with van der Waals surface area (Å²) >= 11 is 6.35. The monoisotopic (exact) mass is 359 g/mol. The van der Waals surface area contributed by atoms with Gasteiger partial charge >= 0.3 is 0 Å². The number of non-ortho nitro benzene ring substituents is 1. The second-order valence-electron chi connectivity index (χ2n) is 5.04. The quantitative estimate of drug-likeness (QED) is 0.376. The number of aromatic nitrogens is 2. The molecule has 0 fully saturated rings. The largest absolute Gasteiger partial charge is 0.272 e. The van der Waals surface area contributed by atoms with Crippen LogP contribution < -0.4 is 0 Å². The molecule has 0 atom stereocenters. The summed E-state index contributed by atoms with van der Waals surface area (Å²) in [4.78, 5) is 18.9. The second-order valence-corrected chi connectivity index (χ2v) is 5.42. The zero-order chi connectivity index (χ0) is 18.4. The van der Waals surface area contributed by atoms with Gasteiger partial charge in [0, 0.05) is 24.5 Å². The van der Waals surface area contributed by atoms with E-state index in [9.17, 15) is 10.1 Å². The Morgan fingerprint density at radius 2 is 1.35 bits per heavy atom. The molecule has 1 aromatic carbocycles. The van der Waals surface area contributed by atoms with Gasteiger partial charge in [0.1, 0.15) is 11.4 Å². The SMILES string of the molecule is O=[N+]([O-])c1cc(C#Cc2ccccn2)c(Cl)c(C#Cc2ccccn2)c1. The highest BCUT2D eigenvalue weighted by Crippen LogP contribution is 2.26. The highest BCUT2D eigenvalue weighted by molar-refractivity contribution is 6.33. The molecule has 0 aliphatic heterocycles. The van der Waals surface area contributed by atoms with E-state index >= 15 is 0 Å². The molecule has 3 rings (SSSR count). The maximum atomic E-state index is 11.2. The maximum absolute atomic E-state index is 11.2. The van der Waals surface area contributed by atoms with Crippen molar-refractivity contribution in [2.75, 3.05) is 0 Å². The molecule has 0 saturated heterocycles. The Hall–Kier alpha value is -3.67. The molecule has 3 aromatic rings. The molecule has 0 unspecified atom stereocenters. The summed E-state index contributed by atoms with van der Waals surface area (Å²) in [5.41, 5.74) is 1.58. The lowest BCUT2D eigenvalue weighted by molar-refractivity contribution is -0.384. The van der Waals surface area contributed by atoms with Gasteiger partial charge in [0.25, 0.3) is 5.69 Å². The van der Waals surface area contributed by atoms with Crippen LogP contribution in [0, 0.1) is 33.8 Å². The number of benzene rings is 1. The number of pyridine rings is 2. The summed E-state index contributed by atoms with van der Waals surface area (Å²) in [5, 5.41) is 11.5. The molecule has 124 valence electrons. The molecule has 6 heteroatoms. The molecule has 26 heavy (non-hydrogen) atoms. The van der Waals surface area contributed by atoms with Gasteiger partial charge in [0.05, 0.1) is 21.1 Å². The Bertz CT molecular complexity index is 998. The highest BCUT2D eigenvalue weighted by atomic mass is 35.5. The fourth-order valence-electron chi connectivity index (χ4n) is 2.03. The summed E-state index contributed by atoms with van der Waals surface area (Å²) in [5.74, 6) is 11.3. The van der Waals surface area contributed by atoms with Crippen molar-refractivity contribution in [2.45, 2.75) is 0 Å². The van der Waals surface area contributed by atoms with Gasteiger partial charge in [-0.25, -0.2) is 9.97 Å². The van der Waals surface area contributed by atoms with Crippen LogP contribution in [-0.4, -0.2) is 14.9 Å². The van der Waals surface area contributed by atoms with Crippen molar-refractivity contribution in [1.82, 2.24) is 9.97 Å². The normalized spacial score (nSPS) is 9.42. The van der Waals surface area contributed by atoms with Crippen LogP contribution in [0.15, 0.2) is 60.9 Å². The van der Waals surface area contributed by atoms with Crippen LogP contribution in [0.3, 0.4) is 0 Å². The van der Waals surface area contributed by atoms with Crippen LogP contribution in [-0.2, 0) is 0 Å². The van der Waals surface area contributed by atoms with Crippen molar-refractivity contribution in [3.63, 3.8) is 0 Å². The summed E-state index contributed by atoms with van der Waals surface area (Å²) in [6.45, 7) is 0. The van der Waals surface area contributed by atoms with Crippen LogP contribution in [0.4, 0.5) is 5.69 Å². The molecular weight excluding hydrogens is 350 g/mol. The topological polar surface area (TPSA) is 68.9 Å². The molecular formula is C20H10ClN3O2. The first-order valence-corrected chi connectivity index (χ1v) is 7.85. The minimum absolute atomic E-state index is 0.134. The Morgan fingerprint density at radius 3 is 1.73 bits per heavy atom.